The van der Waals surface area contributed by atoms with E-state index < -0.39 is 17.7 Å². The molecule has 3 rings (SSSR count). The third-order valence-electron chi connectivity index (χ3n) is 4.95. The zero-order chi connectivity index (χ0) is 20.8. The SMILES string of the molecule is CCc1ccc(CNC(=O)CC2C(=O)NCCN2Cc2ccc(F)c(F)c2)nc1. The van der Waals surface area contributed by atoms with Crippen LogP contribution in [0.25, 0.3) is 0 Å². The standard InChI is InChI=1S/C21H24F2N4O2/c1-2-14-3-5-16(25-11-14)12-26-20(28)10-19-21(29)24-7-8-27(19)13-15-4-6-17(22)18(23)9-15/h3-6,9,11,19H,2,7-8,10,12-13H2,1H3,(H,24,29)(H,26,28). The summed E-state index contributed by atoms with van der Waals surface area (Å²) in [6.07, 6.45) is 2.65. The molecule has 1 unspecified atom stereocenters. The lowest BCUT2D eigenvalue weighted by molar-refractivity contribution is -0.134. The van der Waals surface area contributed by atoms with Crippen molar-refractivity contribution in [2.45, 2.75) is 38.9 Å². The zero-order valence-electron chi connectivity index (χ0n) is 16.3. The number of hydrogen-bond acceptors (Lipinski definition) is 4. The molecule has 1 saturated heterocycles. The number of nitrogens with zero attached hydrogens (tertiary/aromatic N) is 2. The number of benzene rings is 1. The summed E-state index contributed by atoms with van der Waals surface area (Å²) in [5.74, 6) is -2.37. The van der Waals surface area contributed by atoms with E-state index in [1.807, 2.05) is 19.1 Å². The first-order valence-corrected chi connectivity index (χ1v) is 9.62. The van der Waals surface area contributed by atoms with Crippen molar-refractivity contribution < 1.29 is 18.4 Å². The van der Waals surface area contributed by atoms with Crippen LogP contribution < -0.4 is 10.6 Å². The molecule has 1 fully saturated rings. The highest BCUT2D eigenvalue weighted by molar-refractivity contribution is 5.88. The monoisotopic (exact) mass is 402 g/mol. The number of carbonyl (C=O) groups excluding carboxylic acids is 2. The lowest BCUT2D eigenvalue weighted by Gasteiger charge is -2.34. The van der Waals surface area contributed by atoms with E-state index in [1.165, 1.54) is 6.07 Å². The van der Waals surface area contributed by atoms with Gasteiger partial charge in [-0.05, 0) is 35.7 Å². The van der Waals surface area contributed by atoms with Crippen molar-refractivity contribution in [3.8, 4) is 0 Å². The highest BCUT2D eigenvalue weighted by Gasteiger charge is 2.31. The number of rotatable bonds is 7. The van der Waals surface area contributed by atoms with Crippen LogP contribution in [0.15, 0.2) is 36.5 Å². The fourth-order valence-corrected chi connectivity index (χ4v) is 3.25. The van der Waals surface area contributed by atoms with Crippen LogP contribution in [0.1, 0.15) is 30.2 Å². The molecule has 0 saturated carbocycles. The summed E-state index contributed by atoms with van der Waals surface area (Å²) in [4.78, 5) is 30.8. The number of piperazine rings is 1. The van der Waals surface area contributed by atoms with E-state index in [1.54, 1.807) is 11.1 Å². The maximum absolute atomic E-state index is 13.5. The largest absolute Gasteiger partial charge is 0.353 e. The molecule has 0 bridgehead atoms. The first kappa shape index (κ1) is 20.9. The second-order valence-corrected chi connectivity index (χ2v) is 7.02. The summed E-state index contributed by atoms with van der Waals surface area (Å²) in [7, 11) is 0. The van der Waals surface area contributed by atoms with E-state index >= 15 is 0 Å². The van der Waals surface area contributed by atoms with E-state index in [9.17, 15) is 18.4 Å². The average Bonchev–Trinajstić information content (AvgIpc) is 2.72. The van der Waals surface area contributed by atoms with Crippen LogP contribution in [0.3, 0.4) is 0 Å². The Morgan fingerprint density at radius 3 is 2.72 bits per heavy atom. The first-order chi connectivity index (χ1) is 14.0. The molecule has 1 aliphatic rings. The Bertz CT molecular complexity index is 873. The third-order valence-corrected chi connectivity index (χ3v) is 4.95. The molecular formula is C21H24F2N4O2. The fourth-order valence-electron chi connectivity index (χ4n) is 3.25. The highest BCUT2D eigenvalue weighted by Crippen LogP contribution is 2.16. The topological polar surface area (TPSA) is 74.3 Å². The number of aryl methyl sites for hydroxylation is 1. The van der Waals surface area contributed by atoms with E-state index in [0.717, 1.165) is 29.8 Å². The molecule has 29 heavy (non-hydrogen) atoms. The van der Waals surface area contributed by atoms with E-state index in [4.69, 9.17) is 0 Å². The summed E-state index contributed by atoms with van der Waals surface area (Å²) < 4.78 is 26.6. The van der Waals surface area contributed by atoms with Crippen molar-refractivity contribution in [1.82, 2.24) is 20.5 Å². The van der Waals surface area contributed by atoms with Crippen molar-refractivity contribution in [3.63, 3.8) is 0 Å². The van der Waals surface area contributed by atoms with Gasteiger partial charge in [-0.1, -0.05) is 19.1 Å². The number of aromatic nitrogens is 1. The quantitative estimate of drug-likeness (QED) is 0.742. The molecule has 8 heteroatoms. The average molecular weight is 402 g/mol. The number of carbonyl (C=O) groups is 2. The highest BCUT2D eigenvalue weighted by atomic mass is 19.2. The van der Waals surface area contributed by atoms with Crippen LogP contribution >= 0.6 is 0 Å². The predicted octanol–water partition coefficient (Wildman–Crippen LogP) is 1.93. The Kier molecular flexibility index (Phi) is 6.87. The second-order valence-electron chi connectivity index (χ2n) is 7.02. The number of hydrogen-bond donors (Lipinski definition) is 2. The molecule has 2 aromatic rings. The fraction of sp³-hybridized carbons (Fsp3) is 0.381. The number of amides is 2. The van der Waals surface area contributed by atoms with Crippen LogP contribution in [0.2, 0.25) is 0 Å². The Hall–Kier alpha value is -2.87. The molecule has 154 valence electrons. The third kappa shape index (κ3) is 5.57. The van der Waals surface area contributed by atoms with Gasteiger partial charge in [0.25, 0.3) is 0 Å². The Labute approximate surface area is 168 Å². The van der Waals surface area contributed by atoms with Crippen LogP contribution in [-0.2, 0) is 29.1 Å². The predicted molar refractivity (Wildman–Crippen MR) is 104 cm³/mol. The summed E-state index contributed by atoms with van der Waals surface area (Å²) in [6.45, 7) is 3.53. The Morgan fingerprint density at radius 2 is 2.03 bits per heavy atom. The molecule has 1 aliphatic heterocycles. The second kappa shape index (κ2) is 9.56. The maximum atomic E-state index is 13.5. The van der Waals surface area contributed by atoms with Gasteiger partial charge in [0.05, 0.1) is 24.7 Å². The lowest BCUT2D eigenvalue weighted by Crippen LogP contribution is -2.56. The molecule has 1 aromatic heterocycles. The zero-order valence-corrected chi connectivity index (χ0v) is 16.3. The van der Waals surface area contributed by atoms with Crippen molar-refractivity contribution >= 4 is 11.8 Å². The molecule has 0 spiro atoms. The van der Waals surface area contributed by atoms with Crippen LogP contribution in [0.5, 0.6) is 0 Å². The van der Waals surface area contributed by atoms with E-state index in [-0.39, 0.29) is 31.3 Å². The van der Waals surface area contributed by atoms with Crippen LogP contribution in [0, 0.1) is 11.6 Å². The minimum Gasteiger partial charge on any atom is -0.353 e. The molecule has 0 aliphatic carbocycles. The van der Waals surface area contributed by atoms with Gasteiger partial charge >= 0.3 is 0 Å². The molecule has 1 aromatic carbocycles. The lowest BCUT2D eigenvalue weighted by atomic mass is 10.1. The van der Waals surface area contributed by atoms with Crippen molar-refractivity contribution in [3.05, 3.63) is 65.0 Å². The molecule has 1 atom stereocenters. The molecule has 2 N–H and O–H groups in total. The van der Waals surface area contributed by atoms with Gasteiger partial charge in [-0.3, -0.25) is 19.5 Å². The first-order valence-electron chi connectivity index (χ1n) is 9.62. The van der Waals surface area contributed by atoms with E-state index in [0.29, 0.717) is 18.7 Å². The van der Waals surface area contributed by atoms with Gasteiger partial charge in [-0.15, -0.1) is 0 Å². The van der Waals surface area contributed by atoms with Gasteiger partial charge in [0.1, 0.15) is 0 Å². The molecule has 2 heterocycles. The van der Waals surface area contributed by atoms with Gasteiger partial charge < -0.3 is 10.6 Å². The van der Waals surface area contributed by atoms with Gasteiger partial charge in [0.15, 0.2) is 11.6 Å². The number of pyridine rings is 1. The normalized spacial score (nSPS) is 17.1. The minimum atomic E-state index is -0.931. The van der Waals surface area contributed by atoms with Crippen molar-refractivity contribution in [2.24, 2.45) is 0 Å². The van der Waals surface area contributed by atoms with Gasteiger partial charge in [0, 0.05) is 25.8 Å². The van der Waals surface area contributed by atoms with Gasteiger partial charge in [-0.25, -0.2) is 8.78 Å². The number of nitrogens with one attached hydrogen (secondary N) is 2. The van der Waals surface area contributed by atoms with Gasteiger partial charge in [-0.2, -0.15) is 0 Å². The van der Waals surface area contributed by atoms with Crippen LogP contribution in [0.4, 0.5) is 8.78 Å². The summed E-state index contributed by atoms with van der Waals surface area (Å²) in [5.41, 5.74) is 2.40. The summed E-state index contributed by atoms with van der Waals surface area (Å²) in [6, 6.07) is 6.81. The van der Waals surface area contributed by atoms with Crippen molar-refractivity contribution in [2.75, 3.05) is 13.1 Å². The van der Waals surface area contributed by atoms with Crippen molar-refractivity contribution in [1.29, 1.82) is 0 Å². The summed E-state index contributed by atoms with van der Waals surface area (Å²) >= 11 is 0. The molecular weight excluding hydrogens is 378 g/mol. The maximum Gasteiger partial charge on any atom is 0.237 e. The Morgan fingerprint density at radius 1 is 1.24 bits per heavy atom. The summed E-state index contributed by atoms with van der Waals surface area (Å²) in [5, 5.41) is 5.54. The molecule has 6 nitrogen and oxygen atoms in total. The van der Waals surface area contributed by atoms with Gasteiger partial charge in [0.2, 0.25) is 11.8 Å². The van der Waals surface area contributed by atoms with Crippen LogP contribution in [-0.4, -0.2) is 40.8 Å². The number of halogens is 2. The molecule has 2 amide bonds. The molecule has 0 radical (unpaired) electrons. The smallest absolute Gasteiger partial charge is 0.237 e. The van der Waals surface area contributed by atoms with E-state index in [2.05, 4.69) is 15.6 Å². The minimum absolute atomic E-state index is 0.0252. The Balaban J connectivity index is 1.59.